The first kappa shape index (κ1) is 9.97. The molecule has 0 aliphatic rings. The lowest BCUT2D eigenvalue weighted by Crippen LogP contribution is -2.19. The molecule has 0 unspecified atom stereocenters. The highest BCUT2D eigenvalue weighted by molar-refractivity contribution is 6.00. The van der Waals surface area contributed by atoms with Crippen LogP contribution in [-0.4, -0.2) is 17.9 Å². The van der Waals surface area contributed by atoms with E-state index in [0.29, 0.717) is 0 Å². The van der Waals surface area contributed by atoms with Crippen molar-refractivity contribution < 1.29 is 9.72 Å². The van der Waals surface area contributed by atoms with Gasteiger partial charge in [0, 0.05) is 7.05 Å². The van der Waals surface area contributed by atoms with Gasteiger partial charge in [-0.15, -0.1) is 0 Å². The van der Waals surface area contributed by atoms with Crippen LogP contribution in [0.5, 0.6) is 0 Å². The summed E-state index contributed by atoms with van der Waals surface area (Å²) >= 11 is 0. The number of rotatable bonds is 2. The molecule has 0 saturated carbocycles. The molecule has 0 heterocycles. The van der Waals surface area contributed by atoms with Crippen molar-refractivity contribution in [3.8, 4) is 0 Å². The number of anilines is 1. The zero-order chi connectivity index (χ0) is 10.7. The molecule has 6 nitrogen and oxygen atoms in total. The number of nitrogen functional groups attached to an aromatic ring is 1. The quantitative estimate of drug-likeness (QED) is 0.408. The van der Waals surface area contributed by atoms with Crippen molar-refractivity contribution in [3.63, 3.8) is 0 Å². The largest absolute Gasteiger partial charge is 0.393 e. The molecule has 0 fully saturated rings. The Morgan fingerprint density at radius 1 is 1.57 bits per heavy atom. The topological polar surface area (TPSA) is 98.3 Å². The van der Waals surface area contributed by atoms with Gasteiger partial charge in [0.25, 0.3) is 5.91 Å². The summed E-state index contributed by atoms with van der Waals surface area (Å²) in [6.07, 6.45) is 0. The van der Waals surface area contributed by atoms with Crippen LogP contribution in [0.1, 0.15) is 10.4 Å². The molecule has 0 bridgehead atoms. The number of nitro benzene ring substituents is 1. The molecule has 0 aliphatic carbocycles. The summed E-state index contributed by atoms with van der Waals surface area (Å²) in [5.74, 6) is -0.524. The number of hydrogen-bond donors (Lipinski definition) is 2. The Bertz CT molecular complexity index is 389. The summed E-state index contributed by atoms with van der Waals surface area (Å²) in [4.78, 5) is 21.2. The molecule has 0 aromatic heterocycles. The van der Waals surface area contributed by atoms with E-state index in [1.54, 1.807) is 0 Å². The van der Waals surface area contributed by atoms with Crippen molar-refractivity contribution >= 4 is 17.3 Å². The predicted octanol–water partition coefficient (Wildman–Crippen LogP) is 0.537. The highest BCUT2D eigenvalue weighted by atomic mass is 16.6. The van der Waals surface area contributed by atoms with E-state index < -0.39 is 10.8 Å². The fourth-order valence-corrected chi connectivity index (χ4v) is 1.08. The second-order valence-corrected chi connectivity index (χ2v) is 2.58. The number of amides is 1. The van der Waals surface area contributed by atoms with Crippen molar-refractivity contribution in [2.24, 2.45) is 0 Å². The molecule has 6 heteroatoms. The van der Waals surface area contributed by atoms with Crippen LogP contribution in [0.3, 0.4) is 0 Å². The van der Waals surface area contributed by atoms with Crippen molar-refractivity contribution in [2.75, 3.05) is 12.8 Å². The number of nitrogens with one attached hydrogen (secondary N) is 1. The number of carbonyl (C=O) groups excluding carboxylic acids is 1. The third-order valence-corrected chi connectivity index (χ3v) is 1.72. The average Bonchev–Trinajstić information content (AvgIpc) is 2.15. The highest BCUT2D eigenvalue weighted by Gasteiger charge is 2.21. The van der Waals surface area contributed by atoms with Gasteiger partial charge in [-0.05, 0) is 12.1 Å². The van der Waals surface area contributed by atoms with Gasteiger partial charge in [-0.3, -0.25) is 14.9 Å². The van der Waals surface area contributed by atoms with Crippen LogP contribution in [0, 0.1) is 10.1 Å². The number of nitro groups is 1. The van der Waals surface area contributed by atoms with Crippen LogP contribution in [0.4, 0.5) is 11.4 Å². The molecule has 1 aromatic carbocycles. The molecule has 1 aromatic rings. The van der Waals surface area contributed by atoms with Gasteiger partial charge in [0.1, 0.15) is 11.3 Å². The van der Waals surface area contributed by atoms with Crippen LogP contribution in [0.2, 0.25) is 0 Å². The zero-order valence-electron chi connectivity index (χ0n) is 7.48. The molecule has 3 N–H and O–H groups in total. The second-order valence-electron chi connectivity index (χ2n) is 2.58. The summed E-state index contributed by atoms with van der Waals surface area (Å²) in [5.41, 5.74) is 4.99. The second kappa shape index (κ2) is 3.73. The normalized spacial score (nSPS) is 9.50. The highest BCUT2D eigenvalue weighted by Crippen LogP contribution is 2.25. The van der Waals surface area contributed by atoms with E-state index >= 15 is 0 Å². The smallest absolute Gasteiger partial charge is 0.304 e. The summed E-state index contributed by atoms with van der Waals surface area (Å²) in [6, 6.07) is 4.23. The van der Waals surface area contributed by atoms with E-state index in [9.17, 15) is 14.9 Å². The van der Waals surface area contributed by atoms with Crippen molar-refractivity contribution in [1.82, 2.24) is 5.32 Å². The molecule has 0 aliphatic heterocycles. The number of nitrogens with zero attached hydrogens (tertiary/aromatic N) is 1. The first-order valence-corrected chi connectivity index (χ1v) is 3.83. The van der Waals surface area contributed by atoms with E-state index in [4.69, 9.17) is 5.73 Å². The molecular formula is C8H9N3O3. The Balaban J connectivity index is 3.35. The van der Waals surface area contributed by atoms with Crippen LogP contribution in [0.15, 0.2) is 18.2 Å². The number of nitrogens with two attached hydrogens (primary N) is 1. The van der Waals surface area contributed by atoms with E-state index in [1.165, 1.54) is 25.2 Å². The van der Waals surface area contributed by atoms with Gasteiger partial charge >= 0.3 is 5.69 Å². The maximum atomic E-state index is 11.2. The molecule has 14 heavy (non-hydrogen) atoms. The SMILES string of the molecule is CNC(=O)c1cccc(N)c1[N+](=O)[O-]. The molecule has 0 atom stereocenters. The molecule has 0 saturated heterocycles. The number of carbonyl (C=O) groups is 1. The molecule has 0 spiro atoms. The standard InChI is InChI=1S/C8H9N3O3/c1-10-8(12)5-3-2-4-6(9)7(5)11(13)14/h2-4H,9H2,1H3,(H,10,12). The Labute approximate surface area is 79.9 Å². The van der Waals surface area contributed by atoms with Gasteiger partial charge in [-0.1, -0.05) is 6.07 Å². The van der Waals surface area contributed by atoms with Crippen LogP contribution in [0.25, 0.3) is 0 Å². The lowest BCUT2D eigenvalue weighted by molar-refractivity contribution is -0.384. The Kier molecular flexibility index (Phi) is 2.66. The van der Waals surface area contributed by atoms with E-state index in [2.05, 4.69) is 5.32 Å². The lowest BCUT2D eigenvalue weighted by atomic mass is 10.1. The van der Waals surface area contributed by atoms with Crippen molar-refractivity contribution in [3.05, 3.63) is 33.9 Å². The minimum atomic E-state index is -0.667. The Morgan fingerprint density at radius 3 is 2.71 bits per heavy atom. The van der Waals surface area contributed by atoms with Gasteiger partial charge in [0.2, 0.25) is 0 Å². The van der Waals surface area contributed by atoms with Gasteiger partial charge in [0.15, 0.2) is 0 Å². The number of para-hydroxylation sites is 1. The summed E-state index contributed by atoms with van der Waals surface area (Å²) in [6.45, 7) is 0. The first-order chi connectivity index (χ1) is 6.57. The average molecular weight is 195 g/mol. The molecule has 1 rings (SSSR count). The monoisotopic (exact) mass is 195 g/mol. The fourth-order valence-electron chi connectivity index (χ4n) is 1.08. The lowest BCUT2D eigenvalue weighted by Gasteiger charge is -2.02. The van der Waals surface area contributed by atoms with E-state index in [1.807, 2.05) is 0 Å². The molecule has 0 radical (unpaired) electrons. The molecular weight excluding hydrogens is 186 g/mol. The molecule has 1 amide bonds. The van der Waals surface area contributed by atoms with Crippen LogP contribution >= 0.6 is 0 Å². The van der Waals surface area contributed by atoms with Gasteiger partial charge in [-0.25, -0.2) is 0 Å². The van der Waals surface area contributed by atoms with Crippen LogP contribution in [-0.2, 0) is 0 Å². The number of benzene rings is 1. The van der Waals surface area contributed by atoms with E-state index in [-0.39, 0.29) is 16.9 Å². The van der Waals surface area contributed by atoms with E-state index in [0.717, 1.165) is 0 Å². The van der Waals surface area contributed by atoms with Gasteiger partial charge in [0.05, 0.1) is 4.92 Å². The van der Waals surface area contributed by atoms with Gasteiger partial charge in [-0.2, -0.15) is 0 Å². The van der Waals surface area contributed by atoms with Crippen LogP contribution < -0.4 is 11.1 Å². The summed E-state index contributed by atoms with van der Waals surface area (Å²) in [7, 11) is 1.40. The minimum absolute atomic E-state index is 0.0175. The summed E-state index contributed by atoms with van der Waals surface area (Å²) < 4.78 is 0. The fraction of sp³-hybridized carbons (Fsp3) is 0.125. The Morgan fingerprint density at radius 2 is 2.21 bits per heavy atom. The zero-order valence-corrected chi connectivity index (χ0v) is 7.48. The predicted molar refractivity (Wildman–Crippen MR) is 50.9 cm³/mol. The molecule has 74 valence electrons. The van der Waals surface area contributed by atoms with Crippen molar-refractivity contribution in [1.29, 1.82) is 0 Å². The maximum absolute atomic E-state index is 11.2. The minimum Gasteiger partial charge on any atom is -0.393 e. The van der Waals surface area contributed by atoms with Gasteiger partial charge < -0.3 is 11.1 Å². The summed E-state index contributed by atoms with van der Waals surface area (Å²) in [5, 5.41) is 12.9. The Hall–Kier alpha value is -2.11. The maximum Gasteiger partial charge on any atom is 0.304 e. The third kappa shape index (κ3) is 1.63. The third-order valence-electron chi connectivity index (χ3n) is 1.72. The van der Waals surface area contributed by atoms with Crippen molar-refractivity contribution in [2.45, 2.75) is 0 Å². The first-order valence-electron chi connectivity index (χ1n) is 3.83. The number of hydrogen-bond acceptors (Lipinski definition) is 4.